The molecule has 1 atom stereocenters. The van der Waals surface area contributed by atoms with Crippen LogP contribution < -0.4 is 5.73 Å². The Kier molecular flexibility index (Phi) is 2.59. The molecule has 0 aliphatic carbocycles. The van der Waals surface area contributed by atoms with Gasteiger partial charge in [-0.1, -0.05) is 13.8 Å². The van der Waals surface area contributed by atoms with Crippen molar-refractivity contribution in [3.63, 3.8) is 0 Å². The van der Waals surface area contributed by atoms with Crippen LogP contribution >= 0.6 is 0 Å². The van der Waals surface area contributed by atoms with Crippen molar-refractivity contribution in [2.24, 2.45) is 11.7 Å². The third-order valence-corrected chi connectivity index (χ3v) is 3.08. The van der Waals surface area contributed by atoms with Crippen molar-refractivity contribution < 1.29 is 0 Å². The van der Waals surface area contributed by atoms with E-state index in [1.165, 1.54) is 17.9 Å². The molecule has 78 valence electrons. The van der Waals surface area contributed by atoms with Crippen LogP contribution in [-0.4, -0.2) is 16.1 Å². The zero-order valence-corrected chi connectivity index (χ0v) is 9.03. The van der Waals surface area contributed by atoms with E-state index in [1.807, 2.05) is 6.20 Å². The molecule has 0 spiro atoms. The van der Waals surface area contributed by atoms with Gasteiger partial charge in [0.1, 0.15) is 5.82 Å². The Bertz CT molecular complexity index is 314. The molecular formula is C11H19N3. The van der Waals surface area contributed by atoms with E-state index in [-0.39, 0.29) is 0 Å². The Morgan fingerprint density at radius 3 is 3.07 bits per heavy atom. The summed E-state index contributed by atoms with van der Waals surface area (Å²) in [5.41, 5.74) is 7.07. The summed E-state index contributed by atoms with van der Waals surface area (Å²) in [7, 11) is 0. The molecule has 1 aliphatic rings. The molecule has 1 unspecified atom stereocenters. The maximum Gasteiger partial charge on any atom is 0.111 e. The highest BCUT2D eigenvalue weighted by Crippen LogP contribution is 2.24. The first-order valence-corrected chi connectivity index (χ1v) is 5.46. The van der Waals surface area contributed by atoms with Crippen molar-refractivity contribution in [3.8, 4) is 0 Å². The standard InChI is InChI=1S/C11H19N3/c1-8(2)11-13-7-10-5-9(6-12)3-4-14(10)11/h7-9H,3-6,12H2,1-2H3. The van der Waals surface area contributed by atoms with Gasteiger partial charge in [-0.2, -0.15) is 0 Å². The number of hydrogen-bond acceptors (Lipinski definition) is 2. The van der Waals surface area contributed by atoms with Crippen molar-refractivity contribution in [2.75, 3.05) is 6.54 Å². The summed E-state index contributed by atoms with van der Waals surface area (Å²) in [5.74, 6) is 2.42. The van der Waals surface area contributed by atoms with Crippen LogP contribution in [0.2, 0.25) is 0 Å². The smallest absolute Gasteiger partial charge is 0.111 e. The molecule has 0 radical (unpaired) electrons. The highest BCUT2D eigenvalue weighted by atomic mass is 15.1. The molecule has 0 saturated carbocycles. The molecule has 1 aromatic rings. The highest BCUT2D eigenvalue weighted by molar-refractivity contribution is 5.11. The SMILES string of the molecule is CC(C)c1ncc2n1CCC(CN)C2. The summed E-state index contributed by atoms with van der Waals surface area (Å²) >= 11 is 0. The van der Waals surface area contributed by atoms with Crippen LogP contribution in [-0.2, 0) is 13.0 Å². The number of fused-ring (bicyclic) bond motifs is 1. The third-order valence-electron chi connectivity index (χ3n) is 3.08. The largest absolute Gasteiger partial charge is 0.332 e. The fourth-order valence-electron chi connectivity index (χ4n) is 2.22. The number of nitrogens with two attached hydrogens (primary N) is 1. The minimum absolute atomic E-state index is 0.526. The van der Waals surface area contributed by atoms with Crippen LogP contribution in [0.3, 0.4) is 0 Å². The van der Waals surface area contributed by atoms with Gasteiger partial charge in [0.25, 0.3) is 0 Å². The van der Waals surface area contributed by atoms with Crippen LogP contribution in [0.1, 0.15) is 37.7 Å². The van der Waals surface area contributed by atoms with E-state index in [0.717, 1.165) is 19.5 Å². The first-order chi connectivity index (χ1) is 6.72. The summed E-state index contributed by atoms with van der Waals surface area (Å²) in [6.45, 7) is 6.31. The van der Waals surface area contributed by atoms with Crippen molar-refractivity contribution in [1.82, 2.24) is 9.55 Å². The van der Waals surface area contributed by atoms with Gasteiger partial charge < -0.3 is 10.3 Å². The van der Waals surface area contributed by atoms with E-state index in [9.17, 15) is 0 Å². The van der Waals surface area contributed by atoms with Gasteiger partial charge in [-0.05, 0) is 25.3 Å². The molecule has 0 saturated heterocycles. The average molecular weight is 193 g/mol. The van der Waals surface area contributed by atoms with Gasteiger partial charge in [0, 0.05) is 24.4 Å². The second kappa shape index (κ2) is 3.73. The average Bonchev–Trinajstić information content (AvgIpc) is 2.59. The third kappa shape index (κ3) is 1.57. The van der Waals surface area contributed by atoms with Crippen molar-refractivity contribution in [3.05, 3.63) is 17.7 Å². The van der Waals surface area contributed by atoms with Gasteiger partial charge in [-0.15, -0.1) is 0 Å². The summed E-state index contributed by atoms with van der Waals surface area (Å²) in [6.07, 6.45) is 4.34. The van der Waals surface area contributed by atoms with Crippen molar-refractivity contribution >= 4 is 0 Å². The maximum absolute atomic E-state index is 5.70. The lowest BCUT2D eigenvalue weighted by atomic mass is 9.96. The summed E-state index contributed by atoms with van der Waals surface area (Å²) < 4.78 is 2.37. The molecule has 2 N–H and O–H groups in total. The molecule has 0 aromatic carbocycles. The molecule has 14 heavy (non-hydrogen) atoms. The summed E-state index contributed by atoms with van der Waals surface area (Å²) in [4.78, 5) is 4.49. The quantitative estimate of drug-likeness (QED) is 0.774. The summed E-state index contributed by atoms with van der Waals surface area (Å²) in [6, 6.07) is 0. The first-order valence-electron chi connectivity index (χ1n) is 5.46. The first kappa shape index (κ1) is 9.71. The highest BCUT2D eigenvalue weighted by Gasteiger charge is 2.21. The van der Waals surface area contributed by atoms with E-state index in [1.54, 1.807) is 0 Å². The fourth-order valence-corrected chi connectivity index (χ4v) is 2.22. The van der Waals surface area contributed by atoms with E-state index in [4.69, 9.17) is 5.73 Å². The second-order valence-corrected chi connectivity index (χ2v) is 4.51. The van der Waals surface area contributed by atoms with Gasteiger partial charge in [0.15, 0.2) is 0 Å². The Labute approximate surface area is 85.3 Å². The number of nitrogens with zero attached hydrogens (tertiary/aromatic N) is 2. The van der Waals surface area contributed by atoms with Crippen LogP contribution in [0.5, 0.6) is 0 Å². The molecule has 3 heteroatoms. The van der Waals surface area contributed by atoms with Crippen molar-refractivity contribution in [2.45, 2.75) is 39.2 Å². The van der Waals surface area contributed by atoms with E-state index in [2.05, 4.69) is 23.4 Å². The molecule has 1 aromatic heterocycles. The van der Waals surface area contributed by atoms with Gasteiger partial charge in [-0.3, -0.25) is 0 Å². The number of aromatic nitrogens is 2. The summed E-state index contributed by atoms with van der Waals surface area (Å²) in [5, 5.41) is 0. The minimum Gasteiger partial charge on any atom is -0.332 e. The van der Waals surface area contributed by atoms with Gasteiger partial charge in [0.05, 0.1) is 0 Å². The Balaban J connectivity index is 2.25. The Morgan fingerprint density at radius 2 is 2.43 bits per heavy atom. The molecule has 0 amide bonds. The topological polar surface area (TPSA) is 43.8 Å². The predicted octanol–water partition coefficient (Wildman–Crippen LogP) is 1.53. The zero-order chi connectivity index (χ0) is 10.1. The van der Waals surface area contributed by atoms with E-state index in [0.29, 0.717) is 11.8 Å². The molecule has 2 heterocycles. The zero-order valence-electron chi connectivity index (χ0n) is 9.03. The molecule has 2 rings (SSSR count). The fraction of sp³-hybridized carbons (Fsp3) is 0.727. The van der Waals surface area contributed by atoms with Crippen LogP contribution in [0.25, 0.3) is 0 Å². The number of hydrogen-bond donors (Lipinski definition) is 1. The molecule has 3 nitrogen and oxygen atoms in total. The van der Waals surface area contributed by atoms with Gasteiger partial charge >= 0.3 is 0 Å². The Hall–Kier alpha value is -0.830. The lowest BCUT2D eigenvalue weighted by molar-refractivity contribution is 0.387. The molecule has 0 bridgehead atoms. The van der Waals surface area contributed by atoms with E-state index < -0.39 is 0 Å². The lowest BCUT2D eigenvalue weighted by Gasteiger charge is -2.24. The Morgan fingerprint density at radius 1 is 1.64 bits per heavy atom. The van der Waals surface area contributed by atoms with Gasteiger partial charge in [-0.25, -0.2) is 4.98 Å². The second-order valence-electron chi connectivity index (χ2n) is 4.51. The van der Waals surface area contributed by atoms with Crippen LogP contribution in [0.4, 0.5) is 0 Å². The monoisotopic (exact) mass is 193 g/mol. The molecule has 1 aliphatic heterocycles. The van der Waals surface area contributed by atoms with Gasteiger partial charge in [0.2, 0.25) is 0 Å². The lowest BCUT2D eigenvalue weighted by Crippen LogP contribution is -2.26. The van der Waals surface area contributed by atoms with Crippen molar-refractivity contribution in [1.29, 1.82) is 0 Å². The number of imidazole rings is 1. The molecular weight excluding hydrogens is 174 g/mol. The van der Waals surface area contributed by atoms with E-state index >= 15 is 0 Å². The predicted molar refractivity (Wildman–Crippen MR) is 57.2 cm³/mol. The maximum atomic E-state index is 5.70. The minimum atomic E-state index is 0.526. The normalized spacial score (nSPS) is 21.3. The van der Waals surface area contributed by atoms with Crippen LogP contribution in [0, 0.1) is 5.92 Å². The number of rotatable bonds is 2. The van der Waals surface area contributed by atoms with Crippen LogP contribution in [0.15, 0.2) is 6.20 Å². The molecule has 0 fully saturated rings.